The first-order valence-electron chi connectivity index (χ1n) is 34.7. The lowest BCUT2D eigenvalue weighted by molar-refractivity contribution is -0.132. The molecule has 5 N–H and O–H groups in total. The zero-order valence-electron chi connectivity index (χ0n) is 51.5. The highest BCUT2D eigenvalue weighted by molar-refractivity contribution is 5.80. The number of aliphatic hydroxyl groups excluding tert-OH is 4. The van der Waals surface area contributed by atoms with Gasteiger partial charge in [-0.25, -0.2) is 0 Å². The largest absolute Gasteiger partial charge is 0.394 e. The van der Waals surface area contributed by atoms with E-state index in [-0.39, 0.29) is 0 Å². The van der Waals surface area contributed by atoms with E-state index in [2.05, 4.69) is 43.5 Å². The Hall–Kier alpha value is -1.21. The molecular weight excluding hydrogens is 935 g/mol. The lowest BCUT2D eigenvalue weighted by atomic mass is 10.00. The first-order valence-corrected chi connectivity index (χ1v) is 34.7. The van der Waals surface area contributed by atoms with Crippen LogP contribution in [0.4, 0.5) is 0 Å². The summed E-state index contributed by atoms with van der Waals surface area (Å²) in [6.45, 7) is 4.10. The van der Waals surface area contributed by atoms with E-state index in [0.29, 0.717) is 19.3 Å². The normalized spacial score (nSPS) is 13.6. The van der Waals surface area contributed by atoms with Crippen LogP contribution in [0.1, 0.15) is 386 Å². The Morgan fingerprint density at radius 2 is 0.553 bits per heavy atom. The maximum atomic E-state index is 12.7. The quantitative estimate of drug-likeness (QED) is 0.0308. The Balaban J connectivity index is 3.57. The molecule has 0 bridgehead atoms. The van der Waals surface area contributed by atoms with Crippen LogP contribution in [-0.2, 0) is 4.79 Å². The number of unbranched alkanes of at least 4 members (excludes halogenated alkanes) is 52. The molecule has 0 aromatic carbocycles. The zero-order valence-corrected chi connectivity index (χ0v) is 51.5. The van der Waals surface area contributed by atoms with Gasteiger partial charge in [-0.1, -0.05) is 359 Å². The van der Waals surface area contributed by atoms with Crippen molar-refractivity contribution in [2.45, 2.75) is 411 Å². The molecule has 6 nitrogen and oxygen atoms in total. The molecular formula is C70H137NO5. The van der Waals surface area contributed by atoms with Crippen molar-refractivity contribution >= 4 is 5.91 Å². The van der Waals surface area contributed by atoms with Crippen LogP contribution in [0.25, 0.3) is 0 Å². The third-order valence-corrected chi connectivity index (χ3v) is 16.6. The number of carbonyl (C=O) groups is 1. The van der Waals surface area contributed by atoms with E-state index in [1.54, 1.807) is 0 Å². The van der Waals surface area contributed by atoms with E-state index >= 15 is 0 Å². The summed E-state index contributed by atoms with van der Waals surface area (Å²) in [5, 5.41) is 44.2. The molecule has 0 saturated carbocycles. The predicted molar refractivity (Wildman–Crippen MR) is 334 cm³/mol. The standard InChI is InChI=1S/C70H137NO5/c1-3-5-7-9-11-13-15-17-19-21-23-25-27-29-31-33-34-35-36-38-40-42-44-46-48-50-52-54-56-58-60-62-64-68(74)70(76)71-66(65-72)69(75)67(73)63-61-59-57-55-53-51-49-47-45-43-41-39-37-32-30-28-26-24-22-20-18-16-14-12-10-8-6-4-2/h47,49,55,57,66-69,72-75H,3-46,48,50-54,56,58-65H2,1-2H3,(H,71,76)/b49-47+,57-55+. The summed E-state index contributed by atoms with van der Waals surface area (Å²) < 4.78 is 0. The van der Waals surface area contributed by atoms with Gasteiger partial charge in [-0.2, -0.15) is 0 Å². The molecule has 4 unspecified atom stereocenters. The minimum absolute atomic E-state index is 0.365. The fourth-order valence-corrected chi connectivity index (χ4v) is 11.3. The van der Waals surface area contributed by atoms with E-state index in [1.165, 1.54) is 315 Å². The Morgan fingerprint density at radius 1 is 0.316 bits per heavy atom. The second kappa shape index (κ2) is 64.6. The third-order valence-electron chi connectivity index (χ3n) is 16.6. The van der Waals surface area contributed by atoms with Gasteiger partial charge in [-0.05, 0) is 51.4 Å². The number of allylic oxidation sites excluding steroid dienone is 4. The molecule has 0 aromatic rings. The van der Waals surface area contributed by atoms with Gasteiger partial charge < -0.3 is 25.7 Å². The maximum Gasteiger partial charge on any atom is 0.249 e. The average Bonchev–Trinajstić information content (AvgIpc) is 3.42. The van der Waals surface area contributed by atoms with Gasteiger partial charge in [0.15, 0.2) is 0 Å². The average molecular weight is 1070 g/mol. The zero-order chi connectivity index (χ0) is 55.1. The molecule has 0 spiro atoms. The van der Waals surface area contributed by atoms with E-state index in [9.17, 15) is 25.2 Å². The van der Waals surface area contributed by atoms with Crippen LogP contribution in [0.3, 0.4) is 0 Å². The lowest BCUT2D eigenvalue weighted by Gasteiger charge is -2.27. The topological polar surface area (TPSA) is 110 Å². The summed E-state index contributed by atoms with van der Waals surface area (Å²) >= 11 is 0. The van der Waals surface area contributed by atoms with Crippen molar-refractivity contribution in [3.8, 4) is 0 Å². The second-order valence-electron chi connectivity index (χ2n) is 24.2. The van der Waals surface area contributed by atoms with Gasteiger partial charge in [-0.3, -0.25) is 4.79 Å². The number of rotatable bonds is 65. The molecule has 6 heteroatoms. The fourth-order valence-electron chi connectivity index (χ4n) is 11.3. The van der Waals surface area contributed by atoms with Gasteiger partial charge >= 0.3 is 0 Å². The summed E-state index contributed by atoms with van der Waals surface area (Å²) in [6, 6.07) is -1.01. The molecule has 452 valence electrons. The molecule has 0 saturated heterocycles. The fraction of sp³-hybridized carbons (Fsp3) is 0.929. The summed E-state index contributed by atoms with van der Waals surface area (Å²) in [5.74, 6) is -0.589. The van der Waals surface area contributed by atoms with Crippen LogP contribution < -0.4 is 5.32 Å². The van der Waals surface area contributed by atoms with Gasteiger partial charge in [0.05, 0.1) is 18.8 Å². The molecule has 0 rings (SSSR count). The van der Waals surface area contributed by atoms with Crippen LogP contribution >= 0.6 is 0 Å². The van der Waals surface area contributed by atoms with E-state index in [1.807, 2.05) is 0 Å². The summed E-state index contributed by atoms with van der Waals surface area (Å²) in [5.41, 5.74) is 0. The van der Waals surface area contributed by atoms with Crippen molar-refractivity contribution in [2.75, 3.05) is 6.61 Å². The van der Waals surface area contributed by atoms with Crippen molar-refractivity contribution in [1.82, 2.24) is 5.32 Å². The number of aliphatic hydroxyl groups is 4. The Kier molecular flexibility index (Phi) is 63.6. The summed E-state index contributed by atoms with van der Waals surface area (Å²) in [4.78, 5) is 12.7. The number of hydrogen-bond donors (Lipinski definition) is 5. The smallest absolute Gasteiger partial charge is 0.249 e. The first kappa shape index (κ1) is 74.8. The molecule has 4 atom stereocenters. The van der Waals surface area contributed by atoms with Crippen LogP contribution in [0, 0.1) is 0 Å². The highest BCUT2D eigenvalue weighted by Crippen LogP contribution is 2.19. The van der Waals surface area contributed by atoms with Crippen LogP contribution in [-0.4, -0.2) is 57.3 Å². The number of nitrogens with one attached hydrogen (secondary N) is 1. The molecule has 0 fully saturated rings. The van der Waals surface area contributed by atoms with Gasteiger partial charge in [0, 0.05) is 0 Å². The van der Waals surface area contributed by atoms with Crippen LogP contribution in [0.15, 0.2) is 24.3 Å². The SMILES string of the molecule is CCCCCCCCCCCCCCCCCCCCC/C=C/CC/C=C/CCCC(O)C(O)C(CO)NC(=O)C(O)CCCCCCCCCCCCCCCCCCCCCCCCCCCCCCCCCC. The van der Waals surface area contributed by atoms with Crippen molar-refractivity contribution in [2.24, 2.45) is 0 Å². The Morgan fingerprint density at radius 3 is 0.829 bits per heavy atom. The molecule has 0 aliphatic carbocycles. The lowest BCUT2D eigenvalue weighted by Crippen LogP contribution is -2.53. The molecule has 0 aliphatic heterocycles. The molecule has 0 heterocycles. The van der Waals surface area contributed by atoms with Crippen LogP contribution in [0.5, 0.6) is 0 Å². The minimum Gasteiger partial charge on any atom is -0.394 e. The Bertz CT molecular complexity index is 1160. The van der Waals surface area contributed by atoms with E-state index in [4.69, 9.17) is 0 Å². The summed E-state index contributed by atoms with van der Waals surface area (Å²) in [7, 11) is 0. The van der Waals surface area contributed by atoms with E-state index in [0.717, 1.165) is 38.5 Å². The van der Waals surface area contributed by atoms with Crippen molar-refractivity contribution in [3.05, 3.63) is 24.3 Å². The van der Waals surface area contributed by atoms with Crippen molar-refractivity contribution in [1.29, 1.82) is 0 Å². The van der Waals surface area contributed by atoms with Crippen molar-refractivity contribution in [3.63, 3.8) is 0 Å². The second-order valence-corrected chi connectivity index (χ2v) is 24.2. The van der Waals surface area contributed by atoms with Gasteiger partial charge in [0.1, 0.15) is 12.2 Å². The summed E-state index contributed by atoms with van der Waals surface area (Å²) in [6.07, 6.45) is 81.7. The number of carbonyl (C=O) groups excluding carboxylic acids is 1. The van der Waals surface area contributed by atoms with Crippen LogP contribution in [0.2, 0.25) is 0 Å². The minimum atomic E-state index is -1.29. The first-order chi connectivity index (χ1) is 37.5. The molecule has 76 heavy (non-hydrogen) atoms. The van der Waals surface area contributed by atoms with Gasteiger partial charge in [0.2, 0.25) is 5.91 Å². The number of hydrogen-bond acceptors (Lipinski definition) is 5. The predicted octanol–water partition coefficient (Wildman–Crippen LogP) is 21.3. The highest BCUT2D eigenvalue weighted by atomic mass is 16.3. The monoisotopic (exact) mass is 1070 g/mol. The molecule has 0 radical (unpaired) electrons. The molecule has 1 amide bonds. The molecule has 0 aromatic heterocycles. The highest BCUT2D eigenvalue weighted by Gasteiger charge is 2.28. The molecule has 0 aliphatic rings. The number of amides is 1. The van der Waals surface area contributed by atoms with Gasteiger partial charge in [0.25, 0.3) is 0 Å². The van der Waals surface area contributed by atoms with Crippen molar-refractivity contribution < 1.29 is 25.2 Å². The third kappa shape index (κ3) is 57.5. The van der Waals surface area contributed by atoms with E-state index < -0.39 is 36.9 Å². The Labute approximate surface area is 475 Å². The maximum absolute atomic E-state index is 12.7. The van der Waals surface area contributed by atoms with Gasteiger partial charge in [-0.15, -0.1) is 0 Å².